The molecule has 0 aliphatic carbocycles. The standard InChI is InChI=1S/C17H25NO4/c1-13(20)14-5-6-17(15(9-14)11-19)22-12-16(21)10-18-7-3-2-4-8-18/h5-6,9,16,19,21H,2-4,7-8,10-12H2,1H3/t16-/m1/s1. The van der Waals surface area contributed by atoms with Crippen LogP contribution in [0.2, 0.25) is 0 Å². The van der Waals surface area contributed by atoms with Crippen molar-refractivity contribution in [1.82, 2.24) is 4.90 Å². The summed E-state index contributed by atoms with van der Waals surface area (Å²) in [4.78, 5) is 13.6. The van der Waals surface area contributed by atoms with Crippen LogP contribution < -0.4 is 4.74 Å². The number of ketones is 1. The predicted molar refractivity (Wildman–Crippen MR) is 84.2 cm³/mol. The number of Topliss-reactive ketones (excluding diaryl/α,β-unsaturated/α-hetero) is 1. The average Bonchev–Trinajstić information content (AvgIpc) is 2.53. The number of ether oxygens (including phenoxy) is 1. The van der Waals surface area contributed by atoms with Gasteiger partial charge in [-0.25, -0.2) is 0 Å². The van der Waals surface area contributed by atoms with E-state index in [1.54, 1.807) is 18.2 Å². The van der Waals surface area contributed by atoms with E-state index in [1.165, 1.54) is 26.2 Å². The maximum atomic E-state index is 11.3. The van der Waals surface area contributed by atoms with E-state index in [4.69, 9.17) is 4.74 Å². The first-order valence-electron chi connectivity index (χ1n) is 7.88. The molecule has 0 amide bonds. The third kappa shape index (κ3) is 4.80. The van der Waals surface area contributed by atoms with E-state index in [2.05, 4.69) is 4.90 Å². The van der Waals surface area contributed by atoms with Crippen molar-refractivity contribution in [3.05, 3.63) is 29.3 Å². The molecule has 122 valence electrons. The van der Waals surface area contributed by atoms with Crippen molar-refractivity contribution in [2.24, 2.45) is 0 Å². The van der Waals surface area contributed by atoms with Crippen LogP contribution in [-0.2, 0) is 6.61 Å². The summed E-state index contributed by atoms with van der Waals surface area (Å²) >= 11 is 0. The molecule has 1 heterocycles. The van der Waals surface area contributed by atoms with Gasteiger partial charge in [0.05, 0.1) is 6.61 Å². The molecular formula is C17H25NO4. The number of aliphatic hydroxyl groups excluding tert-OH is 2. The Labute approximate surface area is 131 Å². The lowest BCUT2D eigenvalue weighted by Crippen LogP contribution is -2.38. The van der Waals surface area contributed by atoms with Gasteiger partial charge in [-0.2, -0.15) is 0 Å². The highest BCUT2D eigenvalue weighted by molar-refractivity contribution is 5.94. The molecule has 22 heavy (non-hydrogen) atoms. The van der Waals surface area contributed by atoms with Crippen molar-refractivity contribution in [2.75, 3.05) is 26.2 Å². The summed E-state index contributed by atoms with van der Waals surface area (Å²) in [6, 6.07) is 4.98. The summed E-state index contributed by atoms with van der Waals surface area (Å²) in [6.07, 6.45) is 3.09. The number of β-amino-alcohol motifs (C(OH)–C–C–N with tert-alkyl or cyclic N) is 1. The lowest BCUT2D eigenvalue weighted by molar-refractivity contribution is 0.0609. The Kier molecular flexibility index (Phi) is 6.36. The van der Waals surface area contributed by atoms with Crippen molar-refractivity contribution in [3.63, 3.8) is 0 Å². The quantitative estimate of drug-likeness (QED) is 0.749. The van der Waals surface area contributed by atoms with Gasteiger partial charge in [-0.05, 0) is 51.1 Å². The van der Waals surface area contributed by atoms with Crippen molar-refractivity contribution in [1.29, 1.82) is 0 Å². The molecule has 5 nitrogen and oxygen atoms in total. The van der Waals surface area contributed by atoms with Crippen LogP contribution in [0.25, 0.3) is 0 Å². The average molecular weight is 307 g/mol. The van der Waals surface area contributed by atoms with Gasteiger partial charge in [0, 0.05) is 17.7 Å². The number of likely N-dealkylation sites (tertiary alicyclic amines) is 1. The minimum absolute atomic E-state index is 0.0496. The molecule has 2 N–H and O–H groups in total. The van der Waals surface area contributed by atoms with E-state index in [0.717, 1.165) is 13.1 Å². The minimum Gasteiger partial charge on any atom is -0.490 e. The summed E-state index contributed by atoms with van der Waals surface area (Å²) in [5, 5.41) is 19.5. The first-order chi connectivity index (χ1) is 10.6. The number of hydrogen-bond donors (Lipinski definition) is 2. The largest absolute Gasteiger partial charge is 0.490 e. The van der Waals surface area contributed by atoms with Gasteiger partial charge >= 0.3 is 0 Å². The first kappa shape index (κ1) is 16.9. The summed E-state index contributed by atoms with van der Waals surface area (Å²) in [6.45, 7) is 4.15. The molecule has 0 unspecified atom stereocenters. The number of piperidine rings is 1. The van der Waals surface area contributed by atoms with Crippen LogP contribution in [0.1, 0.15) is 42.1 Å². The molecule has 2 rings (SSSR count). The van der Waals surface area contributed by atoms with Crippen LogP contribution in [-0.4, -0.2) is 53.2 Å². The Morgan fingerprint density at radius 1 is 1.32 bits per heavy atom. The number of carbonyl (C=O) groups excluding carboxylic acids is 1. The van der Waals surface area contributed by atoms with E-state index in [9.17, 15) is 15.0 Å². The van der Waals surface area contributed by atoms with E-state index in [-0.39, 0.29) is 19.0 Å². The Hall–Kier alpha value is -1.43. The SMILES string of the molecule is CC(=O)c1ccc(OC[C@H](O)CN2CCCCC2)c(CO)c1. The minimum atomic E-state index is -0.558. The summed E-state index contributed by atoms with van der Waals surface area (Å²) in [5.41, 5.74) is 1.11. The highest BCUT2D eigenvalue weighted by Gasteiger charge is 2.16. The third-order valence-electron chi connectivity index (χ3n) is 3.99. The molecule has 1 aliphatic heterocycles. The zero-order valence-corrected chi connectivity index (χ0v) is 13.1. The maximum Gasteiger partial charge on any atom is 0.159 e. The molecule has 0 spiro atoms. The fraction of sp³-hybridized carbons (Fsp3) is 0.588. The molecular weight excluding hydrogens is 282 g/mol. The molecule has 1 saturated heterocycles. The van der Waals surface area contributed by atoms with E-state index < -0.39 is 6.10 Å². The second-order valence-electron chi connectivity index (χ2n) is 5.86. The summed E-state index contributed by atoms with van der Waals surface area (Å²) in [7, 11) is 0. The third-order valence-corrected chi connectivity index (χ3v) is 3.99. The van der Waals surface area contributed by atoms with Gasteiger partial charge in [-0.3, -0.25) is 4.79 Å². The Morgan fingerprint density at radius 2 is 2.05 bits per heavy atom. The Bertz CT molecular complexity index is 497. The fourth-order valence-corrected chi connectivity index (χ4v) is 2.74. The monoisotopic (exact) mass is 307 g/mol. The van der Waals surface area contributed by atoms with Gasteiger partial charge < -0.3 is 19.8 Å². The fourth-order valence-electron chi connectivity index (χ4n) is 2.74. The number of rotatable bonds is 7. The highest BCUT2D eigenvalue weighted by atomic mass is 16.5. The number of nitrogens with zero attached hydrogens (tertiary/aromatic N) is 1. The predicted octanol–water partition coefficient (Wildman–Crippen LogP) is 1.61. The molecule has 5 heteroatoms. The van der Waals surface area contributed by atoms with Gasteiger partial charge in [-0.1, -0.05) is 6.42 Å². The number of benzene rings is 1. The van der Waals surface area contributed by atoms with Crippen LogP contribution in [0, 0.1) is 0 Å². The molecule has 0 bridgehead atoms. The first-order valence-corrected chi connectivity index (χ1v) is 7.88. The van der Waals surface area contributed by atoms with Crippen molar-refractivity contribution < 1.29 is 19.7 Å². The lowest BCUT2D eigenvalue weighted by Gasteiger charge is -2.28. The van der Waals surface area contributed by atoms with Crippen molar-refractivity contribution >= 4 is 5.78 Å². The van der Waals surface area contributed by atoms with Crippen LogP contribution in [0.4, 0.5) is 0 Å². The van der Waals surface area contributed by atoms with Gasteiger partial charge in [0.15, 0.2) is 5.78 Å². The van der Waals surface area contributed by atoms with Gasteiger partial charge in [0.1, 0.15) is 18.5 Å². The molecule has 0 aromatic heterocycles. The number of hydrogen-bond acceptors (Lipinski definition) is 5. The molecule has 1 fully saturated rings. The molecule has 1 aromatic rings. The Morgan fingerprint density at radius 3 is 2.68 bits per heavy atom. The molecule has 1 aliphatic rings. The zero-order chi connectivity index (χ0) is 15.9. The van der Waals surface area contributed by atoms with Gasteiger partial charge in [0.2, 0.25) is 0 Å². The second-order valence-corrected chi connectivity index (χ2v) is 5.86. The molecule has 0 radical (unpaired) electrons. The smallest absolute Gasteiger partial charge is 0.159 e. The molecule has 1 atom stereocenters. The Balaban J connectivity index is 1.88. The van der Waals surface area contributed by atoms with E-state index in [0.29, 0.717) is 23.4 Å². The van der Waals surface area contributed by atoms with Crippen LogP contribution in [0.5, 0.6) is 5.75 Å². The topological polar surface area (TPSA) is 70.0 Å². The summed E-state index contributed by atoms with van der Waals surface area (Å²) in [5.74, 6) is 0.469. The normalized spacial score (nSPS) is 17.2. The van der Waals surface area contributed by atoms with Crippen LogP contribution in [0.15, 0.2) is 18.2 Å². The summed E-state index contributed by atoms with van der Waals surface area (Å²) < 4.78 is 5.62. The van der Waals surface area contributed by atoms with E-state index >= 15 is 0 Å². The number of aliphatic hydroxyl groups is 2. The van der Waals surface area contributed by atoms with Gasteiger partial charge in [-0.15, -0.1) is 0 Å². The molecule has 1 aromatic carbocycles. The molecule has 0 saturated carbocycles. The zero-order valence-electron chi connectivity index (χ0n) is 13.1. The lowest BCUT2D eigenvalue weighted by atomic mass is 10.1. The second kappa shape index (κ2) is 8.27. The van der Waals surface area contributed by atoms with Crippen LogP contribution in [0.3, 0.4) is 0 Å². The number of carbonyl (C=O) groups is 1. The van der Waals surface area contributed by atoms with Gasteiger partial charge in [0.25, 0.3) is 0 Å². The van der Waals surface area contributed by atoms with E-state index in [1.807, 2.05) is 0 Å². The van der Waals surface area contributed by atoms with Crippen LogP contribution >= 0.6 is 0 Å². The van der Waals surface area contributed by atoms with Crippen molar-refractivity contribution in [3.8, 4) is 5.75 Å². The highest BCUT2D eigenvalue weighted by Crippen LogP contribution is 2.21. The van der Waals surface area contributed by atoms with Crippen molar-refractivity contribution in [2.45, 2.75) is 38.9 Å². The maximum absolute atomic E-state index is 11.3.